The van der Waals surface area contributed by atoms with Gasteiger partial charge in [0.05, 0.1) is 11.4 Å². The number of hydrogen-bond acceptors (Lipinski definition) is 9. The number of carbonyl (C=O) groups is 1. The van der Waals surface area contributed by atoms with Gasteiger partial charge >= 0.3 is 6.09 Å². The van der Waals surface area contributed by atoms with Crippen molar-refractivity contribution in [1.82, 2.24) is 25.3 Å². The monoisotopic (exact) mass is 650 g/mol. The maximum atomic E-state index is 12.8. The number of anilines is 2. The molecule has 2 aliphatic rings. The van der Waals surface area contributed by atoms with Crippen molar-refractivity contribution in [2.75, 3.05) is 42.5 Å². The second kappa shape index (κ2) is 13.5. The first-order valence-electron chi connectivity index (χ1n) is 16.9. The Kier molecular flexibility index (Phi) is 8.45. The van der Waals surface area contributed by atoms with Gasteiger partial charge in [-0.25, -0.2) is 24.7 Å². The molecule has 3 atom stereocenters. The molecule has 0 radical (unpaired) electrons. The van der Waals surface area contributed by atoms with E-state index in [2.05, 4.69) is 85.7 Å². The minimum atomic E-state index is -0.722. The lowest BCUT2D eigenvalue weighted by atomic mass is 10.1. The molecule has 10 heteroatoms. The van der Waals surface area contributed by atoms with Crippen LogP contribution in [0.4, 0.5) is 16.7 Å². The highest BCUT2D eigenvalue weighted by Gasteiger charge is 2.32. The van der Waals surface area contributed by atoms with Crippen LogP contribution < -0.4 is 20.9 Å². The molecular weight excluding hydrogens is 612 g/mol. The van der Waals surface area contributed by atoms with Crippen molar-refractivity contribution in [1.29, 1.82) is 0 Å². The van der Waals surface area contributed by atoms with Crippen LogP contribution in [-0.2, 0) is 4.74 Å². The summed E-state index contributed by atoms with van der Waals surface area (Å²) >= 11 is 0. The fourth-order valence-electron chi connectivity index (χ4n) is 6.93. The van der Waals surface area contributed by atoms with Gasteiger partial charge in [-0.1, -0.05) is 72.8 Å². The number of nitrogens with one attached hydrogen (secondary N) is 1. The van der Waals surface area contributed by atoms with E-state index in [1.54, 1.807) is 6.20 Å². The van der Waals surface area contributed by atoms with Crippen LogP contribution in [0.3, 0.4) is 0 Å². The van der Waals surface area contributed by atoms with Crippen LogP contribution in [0, 0.1) is 11.8 Å². The van der Waals surface area contributed by atoms with E-state index in [9.17, 15) is 4.79 Å². The van der Waals surface area contributed by atoms with Crippen molar-refractivity contribution < 1.29 is 9.53 Å². The predicted molar refractivity (Wildman–Crippen MR) is 193 cm³/mol. The molecular formula is C39H38N8O2. The number of rotatable bonds is 8. The molecule has 8 rings (SSSR count). The molecule has 6 aromatic rings. The first-order valence-corrected chi connectivity index (χ1v) is 16.9. The highest BCUT2D eigenvalue weighted by Crippen LogP contribution is 2.28. The van der Waals surface area contributed by atoms with Crippen LogP contribution in [0.2, 0.25) is 0 Å². The van der Waals surface area contributed by atoms with Gasteiger partial charge in [-0.2, -0.15) is 0 Å². The number of hydrogen-bond donors (Lipinski definition) is 2. The standard InChI is InChI=1S/C39H38N8O2/c40-36(33-16-20-47(25-33)38-42-18-14-35(45-38)32-12-10-28-6-2-4-8-30(28)22-32)49-39(48)43-23-26-15-19-46(24-26)37-41-17-13-34(44-37)31-11-9-27-5-1-3-7-29(27)21-31/h1-14,17-18,21-22,26,33,36H,15-16,19-20,23-25,40H2,(H,43,48). The van der Waals surface area contributed by atoms with E-state index < -0.39 is 12.3 Å². The Morgan fingerprint density at radius 1 is 0.735 bits per heavy atom. The Bertz CT molecular complexity index is 2120. The van der Waals surface area contributed by atoms with Gasteiger partial charge in [-0.3, -0.25) is 5.73 Å². The second-order valence-corrected chi connectivity index (χ2v) is 13.0. The second-order valence-electron chi connectivity index (χ2n) is 13.0. The van der Waals surface area contributed by atoms with E-state index in [-0.39, 0.29) is 11.8 Å². The summed E-state index contributed by atoms with van der Waals surface area (Å²) in [7, 11) is 0. The number of ether oxygens (including phenoxy) is 1. The van der Waals surface area contributed by atoms with Crippen molar-refractivity contribution in [3.8, 4) is 22.5 Å². The third-order valence-electron chi connectivity index (χ3n) is 9.70. The smallest absolute Gasteiger partial charge is 0.408 e. The Labute approximate surface area is 285 Å². The quantitative estimate of drug-likeness (QED) is 0.184. The van der Waals surface area contributed by atoms with Gasteiger partial charge in [0.15, 0.2) is 6.23 Å². The van der Waals surface area contributed by atoms with Crippen molar-refractivity contribution in [2.24, 2.45) is 17.6 Å². The van der Waals surface area contributed by atoms with Gasteiger partial charge in [0, 0.05) is 62.2 Å². The van der Waals surface area contributed by atoms with Gasteiger partial charge < -0.3 is 19.9 Å². The Morgan fingerprint density at radius 3 is 1.90 bits per heavy atom. The van der Waals surface area contributed by atoms with Gasteiger partial charge in [0.2, 0.25) is 11.9 Å². The largest absolute Gasteiger partial charge is 0.430 e. The SMILES string of the molecule is NC(OC(=O)NCC1CCN(c2nccc(-c3ccc4ccccc4c3)n2)C1)C1CCN(c2nccc(-c3ccc4ccccc4c3)n2)C1. The number of fused-ring (bicyclic) bond motifs is 2. The summed E-state index contributed by atoms with van der Waals surface area (Å²) in [5, 5.41) is 7.69. The number of nitrogens with two attached hydrogens (primary N) is 1. The summed E-state index contributed by atoms with van der Waals surface area (Å²) in [6, 6.07) is 33.2. The molecule has 3 N–H and O–H groups in total. The average Bonchev–Trinajstić information content (AvgIpc) is 3.85. The molecule has 0 saturated carbocycles. The molecule has 1 amide bonds. The van der Waals surface area contributed by atoms with Crippen LogP contribution in [0.1, 0.15) is 12.8 Å². The minimum Gasteiger partial charge on any atom is -0.430 e. The fraction of sp³-hybridized carbons (Fsp3) is 0.256. The zero-order valence-electron chi connectivity index (χ0n) is 27.2. The summed E-state index contributed by atoms with van der Waals surface area (Å²) in [5.74, 6) is 1.59. The van der Waals surface area contributed by atoms with Crippen molar-refractivity contribution in [3.05, 3.63) is 109 Å². The average molecular weight is 651 g/mol. The summed E-state index contributed by atoms with van der Waals surface area (Å²) in [4.78, 5) is 35.9. The highest BCUT2D eigenvalue weighted by molar-refractivity contribution is 5.87. The highest BCUT2D eigenvalue weighted by atomic mass is 16.6. The van der Waals surface area contributed by atoms with Crippen LogP contribution in [0.25, 0.3) is 44.1 Å². The topological polar surface area (TPSA) is 122 Å². The number of aromatic nitrogens is 4. The summed E-state index contributed by atoms with van der Waals surface area (Å²) in [6.45, 7) is 3.43. The zero-order valence-corrected chi connectivity index (χ0v) is 27.2. The Morgan fingerprint density at radius 2 is 1.29 bits per heavy atom. The molecule has 3 unspecified atom stereocenters. The summed E-state index contributed by atoms with van der Waals surface area (Å²) in [6.07, 6.45) is 4.10. The van der Waals surface area contributed by atoms with Crippen molar-refractivity contribution >= 4 is 39.5 Å². The lowest BCUT2D eigenvalue weighted by Crippen LogP contribution is -2.41. The van der Waals surface area contributed by atoms with Crippen LogP contribution in [-0.4, -0.2) is 65.0 Å². The van der Waals surface area contributed by atoms with E-state index in [0.717, 1.165) is 55.0 Å². The van der Waals surface area contributed by atoms with E-state index in [4.69, 9.17) is 20.4 Å². The normalized spacial score (nSPS) is 18.2. The van der Waals surface area contributed by atoms with Gasteiger partial charge in [-0.05, 0) is 64.6 Å². The summed E-state index contributed by atoms with van der Waals surface area (Å²) in [5.41, 5.74) is 10.3. The van der Waals surface area contributed by atoms with Crippen LogP contribution in [0.5, 0.6) is 0 Å². The lowest BCUT2D eigenvalue weighted by molar-refractivity contribution is 0.0703. The van der Waals surface area contributed by atoms with E-state index >= 15 is 0 Å². The Balaban J connectivity index is 0.822. The number of benzene rings is 4. The number of alkyl carbamates (subject to hydrolysis) is 1. The maximum Gasteiger partial charge on any atom is 0.408 e. The molecule has 2 aliphatic heterocycles. The molecule has 2 fully saturated rings. The van der Waals surface area contributed by atoms with Gasteiger partial charge in [0.1, 0.15) is 0 Å². The Hall–Kier alpha value is -5.61. The molecule has 49 heavy (non-hydrogen) atoms. The number of nitrogens with zero attached hydrogens (tertiary/aromatic N) is 6. The molecule has 0 aliphatic carbocycles. The fourth-order valence-corrected chi connectivity index (χ4v) is 6.93. The lowest BCUT2D eigenvalue weighted by Gasteiger charge is -2.21. The van der Waals surface area contributed by atoms with E-state index in [1.807, 2.05) is 42.6 Å². The first kappa shape index (κ1) is 30.7. The molecule has 0 bridgehead atoms. The molecule has 4 aromatic carbocycles. The van der Waals surface area contributed by atoms with E-state index in [0.29, 0.717) is 25.0 Å². The maximum absolute atomic E-state index is 12.8. The van der Waals surface area contributed by atoms with Crippen LogP contribution in [0.15, 0.2) is 109 Å². The third-order valence-corrected chi connectivity index (χ3v) is 9.70. The van der Waals surface area contributed by atoms with Crippen molar-refractivity contribution in [2.45, 2.75) is 19.1 Å². The number of amides is 1. The van der Waals surface area contributed by atoms with E-state index in [1.165, 1.54) is 21.5 Å². The third kappa shape index (κ3) is 6.73. The summed E-state index contributed by atoms with van der Waals surface area (Å²) < 4.78 is 5.64. The molecule has 246 valence electrons. The molecule has 4 heterocycles. The predicted octanol–water partition coefficient (Wildman–Crippen LogP) is 6.27. The van der Waals surface area contributed by atoms with Gasteiger partial charge in [-0.15, -0.1) is 0 Å². The molecule has 2 aromatic heterocycles. The first-order chi connectivity index (χ1) is 24.1. The number of carbonyl (C=O) groups excluding carboxylic acids is 1. The van der Waals surface area contributed by atoms with Crippen molar-refractivity contribution in [3.63, 3.8) is 0 Å². The minimum absolute atomic E-state index is 0.0207. The molecule has 0 spiro atoms. The van der Waals surface area contributed by atoms with Crippen LogP contribution >= 0.6 is 0 Å². The zero-order chi connectivity index (χ0) is 33.2. The molecule has 2 saturated heterocycles. The molecule has 10 nitrogen and oxygen atoms in total. The van der Waals surface area contributed by atoms with Gasteiger partial charge in [0.25, 0.3) is 0 Å².